The number of nitriles is 1. The Kier molecular flexibility index (Phi) is 5.14. The van der Waals surface area contributed by atoms with Crippen LogP contribution in [0.5, 0.6) is 0 Å². The lowest BCUT2D eigenvalue weighted by Gasteiger charge is -2.38. The molecule has 32 heavy (non-hydrogen) atoms. The second kappa shape index (κ2) is 7.87. The van der Waals surface area contributed by atoms with Gasteiger partial charge in [0.15, 0.2) is 0 Å². The van der Waals surface area contributed by atoms with Crippen molar-refractivity contribution >= 4 is 17.8 Å². The van der Waals surface area contributed by atoms with Gasteiger partial charge >= 0.3 is 5.97 Å². The van der Waals surface area contributed by atoms with E-state index < -0.39 is 18.1 Å². The minimum absolute atomic E-state index is 0.0196. The summed E-state index contributed by atoms with van der Waals surface area (Å²) < 4.78 is 0. The second-order valence-electron chi connectivity index (χ2n) is 9.30. The first-order valence-electron chi connectivity index (χ1n) is 11.3. The number of nitrogens with two attached hydrogens (primary N) is 1. The van der Waals surface area contributed by atoms with Crippen LogP contribution in [0.4, 0.5) is 0 Å². The van der Waals surface area contributed by atoms with Crippen molar-refractivity contribution in [2.24, 2.45) is 5.73 Å². The molecule has 2 bridgehead atoms. The molecule has 3 heterocycles. The molecule has 9 heteroatoms. The molecule has 3 saturated heterocycles. The molecule has 0 aromatic heterocycles. The average Bonchev–Trinajstić information content (AvgIpc) is 3.55. The number of piperazine rings is 1. The molecule has 4 aliphatic rings. The highest BCUT2D eigenvalue weighted by Crippen LogP contribution is 2.44. The van der Waals surface area contributed by atoms with E-state index in [1.807, 2.05) is 15.9 Å². The zero-order chi connectivity index (χ0) is 22.6. The van der Waals surface area contributed by atoms with Crippen LogP contribution in [0.1, 0.15) is 53.2 Å². The van der Waals surface area contributed by atoms with Crippen molar-refractivity contribution in [3.8, 4) is 6.07 Å². The number of carboxylic acid groups (broad SMARTS) is 1. The molecule has 0 radical (unpaired) electrons. The summed E-state index contributed by atoms with van der Waals surface area (Å²) in [6.45, 7) is 1.56. The van der Waals surface area contributed by atoms with E-state index in [1.54, 1.807) is 17.0 Å². The monoisotopic (exact) mass is 437 g/mol. The molecule has 5 rings (SSSR count). The van der Waals surface area contributed by atoms with E-state index in [1.165, 1.54) is 0 Å². The summed E-state index contributed by atoms with van der Waals surface area (Å²) in [6, 6.07) is 6.00. The molecule has 0 saturated carbocycles. The summed E-state index contributed by atoms with van der Waals surface area (Å²) in [5.41, 5.74) is 8.55. The van der Waals surface area contributed by atoms with Crippen molar-refractivity contribution in [2.45, 2.75) is 62.3 Å². The fraction of sp³-hybridized carbons (Fsp3) is 0.565. The smallest absolute Gasteiger partial charge is 0.335 e. The first-order chi connectivity index (χ1) is 15.4. The number of amides is 2. The molecule has 3 N–H and O–H groups in total. The fourth-order valence-electron chi connectivity index (χ4n) is 6.03. The van der Waals surface area contributed by atoms with Gasteiger partial charge in [0.05, 0.1) is 29.8 Å². The molecule has 0 spiro atoms. The van der Waals surface area contributed by atoms with Gasteiger partial charge in [0, 0.05) is 25.7 Å². The van der Waals surface area contributed by atoms with Crippen molar-refractivity contribution in [3.05, 3.63) is 34.9 Å². The van der Waals surface area contributed by atoms with Crippen LogP contribution in [-0.4, -0.2) is 81.4 Å². The first-order valence-corrected chi connectivity index (χ1v) is 11.3. The third-order valence-electron chi connectivity index (χ3n) is 7.52. The van der Waals surface area contributed by atoms with E-state index in [4.69, 9.17) is 5.73 Å². The highest BCUT2D eigenvalue weighted by molar-refractivity contribution is 5.89. The Morgan fingerprint density at radius 2 is 2.09 bits per heavy atom. The number of benzene rings is 1. The minimum atomic E-state index is -0.941. The molecule has 1 aromatic carbocycles. The SMILES string of the molecule is N#C[C@@H]1CCCN1C(=O)[C@@H](N)CN1C[C@@H]2C[C@H]1C(=O)N2[C@H]1CCc2cc(C(=O)O)ccc21. The van der Waals surface area contributed by atoms with Crippen molar-refractivity contribution in [1.29, 1.82) is 5.26 Å². The number of carbonyl (C=O) groups is 3. The Bertz CT molecular complexity index is 1020. The highest BCUT2D eigenvalue weighted by atomic mass is 16.4. The standard InChI is InChI=1S/C23H27N5O4/c24-10-15-2-1-7-27(15)21(29)18(25)12-26-11-16-9-20(26)22(30)28(16)19-6-4-13-8-14(23(31)32)3-5-17(13)19/h3,5,8,15-16,18-20H,1-2,4,6-7,9,11-12,25H2,(H,31,32)/t15-,16-,18-,19-,20-/m0/s1. The van der Waals surface area contributed by atoms with E-state index in [9.17, 15) is 24.8 Å². The molecule has 1 aromatic rings. The van der Waals surface area contributed by atoms with Crippen LogP contribution in [-0.2, 0) is 16.0 Å². The van der Waals surface area contributed by atoms with Gasteiger partial charge in [-0.1, -0.05) is 6.07 Å². The largest absolute Gasteiger partial charge is 0.478 e. The van der Waals surface area contributed by atoms with Gasteiger partial charge in [-0.15, -0.1) is 0 Å². The molecule has 5 atom stereocenters. The van der Waals surface area contributed by atoms with Gasteiger partial charge < -0.3 is 20.6 Å². The number of carboxylic acids is 1. The number of hydrogen-bond acceptors (Lipinski definition) is 6. The molecule has 1 aliphatic carbocycles. The third kappa shape index (κ3) is 3.26. The molecule has 168 valence electrons. The Morgan fingerprint density at radius 1 is 1.28 bits per heavy atom. The Hall–Kier alpha value is -2.96. The summed E-state index contributed by atoms with van der Waals surface area (Å²) >= 11 is 0. The van der Waals surface area contributed by atoms with Gasteiger partial charge in [-0.3, -0.25) is 14.5 Å². The first kappa shape index (κ1) is 20.9. The molecular weight excluding hydrogens is 410 g/mol. The zero-order valence-electron chi connectivity index (χ0n) is 17.8. The molecular formula is C23H27N5O4. The lowest BCUT2D eigenvalue weighted by molar-refractivity contribution is -0.141. The number of aryl methyl sites for hydroxylation is 1. The Balaban J connectivity index is 1.25. The van der Waals surface area contributed by atoms with Gasteiger partial charge in [0.25, 0.3) is 0 Å². The van der Waals surface area contributed by atoms with Crippen LogP contribution >= 0.6 is 0 Å². The van der Waals surface area contributed by atoms with Crippen molar-refractivity contribution in [3.63, 3.8) is 0 Å². The van der Waals surface area contributed by atoms with Gasteiger partial charge in [0.1, 0.15) is 6.04 Å². The number of nitrogens with zero attached hydrogens (tertiary/aromatic N) is 4. The molecule has 9 nitrogen and oxygen atoms in total. The van der Waals surface area contributed by atoms with Crippen molar-refractivity contribution in [2.75, 3.05) is 19.6 Å². The van der Waals surface area contributed by atoms with Crippen LogP contribution in [0, 0.1) is 11.3 Å². The topological polar surface area (TPSA) is 131 Å². The molecule has 0 unspecified atom stereocenters. The van der Waals surface area contributed by atoms with Crippen LogP contribution in [0.25, 0.3) is 0 Å². The van der Waals surface area contributed by atoms with E-state index in [2.05, 4.69) is 6.07 Å². The number of aromatic carboxylic acids is 1. The second-order valence-corrected chi connectivity index (χ2v) is 9.30. The van der Waals surface area contributed by atoms with Crippen LogP contribution < -0.4 is 5.73 Å². The average molecular weight is 438 g/mol. The lowest BCUT2D eigenvalue weighted by atomic mass is 10.0. The normalized spacial score (nSPS) is 29.9. The van der Waals surface area contributed by atoms with Crippen molar-refractivity contribution < 1.29 is 19.5 Å². The zero-order valence-corrected chi connectivity index (χ0v) is 17.8. The predicted molar refractivity (Wildman–Crippen MR) is 113 cm³/mol. The molecule has 2 amide bonds. The van der Waals surface area contributed by atoms with E-state index >= 15 is 0 Å². The molecule has 3 aliphatic heterocycles. The predicted octanol–water partition coefficient (Wildman–Crippen LogP) is 0.499. The van der Waals surface area contributed by atoms with Gasteiger partial charge in [-0.2, -0.15) is 5.26 Å². The van der Waals surface area contributed by atoms with E-state index in [0.717, 1.165) is 36.8 Å². The number of carbonyl (C=O) groups excluding carboxylic acids is 2. The maximum Gasteiger partial charge on any atom is 0.335 e. The maximum absolute atomic E-state index is 13.3. The maximum atomic E-state index is 13.3. The summed E-state index contributed by atoms with van der Waals surface area (Å²) in [5.74, 6) is -1.08. The molecule has 3 fully saturated rings. The van der Waals surface area contributed by atoms with Crippen LogP contribution in [0.15, 0.2) is 18.2 Å². The third-order valence-corrected chi connectivity index (χ3v) is 7.52. The van der Waals surface area contributed by atoms with Gasteiger partial charge in [-0.25, -0.2) is 4.79 Å². The van der Waals surface area contributed by atoms with Crippen LogP contribution in [0.2, 0.25) is 0 Å². The summed E-state index contributed by atoms with van der Waals surface area (Å²) in [7, 11) is 0. The summed E-state index contributed by atoms with van der Waals surface area (Å²) in [4.78, 5) is 42.9. The van der Waals surface area contributed by atoms with Gasteiger partial charge in [-0.05, 0) is 55.4 Å². The Morgan fingerprint density at radius 3 is 2.81 bits per heavy atom. The number of hydrogen-bond donors (Lipinski definition) is 2. The summed E-state index contributed by atoms with van der Waals surface area (Å²) in [6.07, 6.45) is 3.80. The highest BCUT2D eigenvalue weighted by Gasteiger charge is 2.53. The number of likely N-dealkylation sites (tertiary alicyclic amines) is 3. The summed E-state index contributed by atoms with van der Waals surface area (Å²) in [5, 5.41) is 18.5. The fourth-order valence-corrected chi connectivity index (χ4v) is 6.03. The number of fused-ring (bicyclic) bond motifs is 3. The van der Waals surface area contributed by atoms with Gasteiger partial charge in [0.2, 0.25) is 11.8 Å². The van der Waals surface area contributed by atoms with E-state index in [-0.39, 0.29) is 35.5 Å². The lowest BCUT2D eigenvalue weighted by Crippen LogP contribution is -2.56. The van der Waals surface area contributed by atoms with Crippen LogP contribution in [0.3, 0.4) is 0 Å². The van der Waals surface area contributed by atoms with Crippen molar-refractivity contribution in [1.82, 2.24) is 14.7 Å². The quantitative estimate of drug-likeness (QED) is 0.686. The Labute approximate surface area is 186 Å². The number of rotatable bonds is 5. The van der Waals surface area contributed by atoms with E-state index in [0.29, 0.717) is 26.1 Å². The minimum Gasteiger partial charge on any atom is -0.478 e.